The summed E-state index contributed by atoms with van der Waals surface area (Å²) in [4.78, 5) is 12.3. The minimum atomic E-state index is -3.29. The van der Waals surface area contributed by atoms with E-state index >= 15 is 0 Å². The average molecular weight is 338 g/mol. The first kappa shape index (κ1) is 17.8. The van der Waals surface area contributed by atoms with Crippen LogP contribution in [0.2, 0.25) is 0 Å². The molecule has 128 valence electrons. The van der Waals surface area contributed by atoms with Gasteiger partial charge in [0.05, 0.1) is 11.4 Å². The Morgan fingerprint density at radius 1 is 1.39 bits per heavy atom. The molecule has 0 aromatic heterocycles. The minimum Gasteiger partial charge on any atom is -0.350 e. The van der Waals surface area contributed by atoms with Crippen LogP contribution in [-0.2, 0) is 16.4 Å². The fraction of sp³-hybridized carbons (Fsp3) is 0.588. The summed E-state index contributed by atoms with van der Waals surface area (Å²) < 4.78 is 26.0. The molecule has 1 aromatic rings. The van der Waals surface area contributed by atoms with Crippen LogP contribution in [0.4, 0.5) is 5.69 Å². The van der Waals surface area contributed by atoms with E-state index < -0.39 is 10.0 Å². The molecule has 0 unspecified atom stereocenters. The van der Waals surface area contributed by atoms with Crippen molar-refractivity contribution in [3.05, 3.63) is 29.3 Å². The van der Waals surface area contributed by atoms with Gasteiger partial charge in [-0.25, -0.2) is 8.42 Å². The summed E-state index contributed by atoms with van der Waals surface area (Å²) in [6.07, 6.45) is 2.60. The molecule has 1 heterocycles. The number of hydrogen-bond donors (Lipinski definition) is 1. The maximum Gasteiger partial charge on any atom is 0.251 e. The maximum atomic E-state index is 12.3. The molecule has 6 heteroatoms. The van der Waals surface area contributed by atoms with Crippen LogP contribution in [0.25, 0.3) is 0 Å². The third kappa shape index (κ3) is 3.68. The van der Waals surface area contributed by atoms with Gasteiger partial charge in [0.2, 0.25) is 10.0 Å². The lowest BCUT2D eigenvalue weighted by Crippen LogP contribution is -2.36. The van der Waals surface area contributed by atoms with Gasteiger partial charge in [0.1, 0.15) is 0 Å². The molecule has 0 spiro atoms. The summed E-state index contributed by atoms with van der Waals surface area (Å²) >= 11 is 0. The van der Waals surface area contributed by atoms with E-state index in [1.54, 1.807) is 19.1 Å². The lowest BCUT2D eigenvalue weighted by Gasteiger charge is -2.23. The largest absolute Gasteiger partial charge is 0.350 e. The van der Waals surface area contributed by atoms with E-state index in [4.69, 9.17) is 0 Å². The molecule has 1 aliphatic heterocycles. The molecule has 1 aliphatic rings. The number of anilines is 1. The third-order valence-electron chi connectivity index (χ3n) is 4.26. The van der Waals surface area contributed by atoms with E-state index in [0.29, 0.717) is 17.7 Å². The third-order valence-corrected chi connectivity index (χ3v) is 6.14. The van der Waals surface area contributed by atoms with Crippen molar-refractivity contribution >= 4 is 21.6 Å². The molecule has 5 nitrogen and oxygen atoms in total. The lowest BCUT2D eigenvalue weighted by atomic mass is 10.1. The zero-order valence-corrected chi connectivity index (χ0v) is 15.1. The number of nitrogens with one attached hydrogen (secondary N) is 1. The lowest BCUT2D eigenvalue weighted by molar-refractivity contribution is 0.0938. The van der Waals surface area contributed by atoms with Gasteiger partial charge >= 0.3 is 0 Å². The molecule has 2 atom stereocenters. The quantitative estimate of drug-likeness (QED) is 0.867. The van der Waals surface area contributed by atoms with Crippen molar-refractivity contribution in [1.82, 2.24) is 5.32 Å². The fourth-order valence-corrected chi connectivity index (χ4v) is 4.50. The minimum absolute atomic E-state index is 0.0769. The number of hydrogen-bond acceptors (Lipinski definition) is 3. The topological polar surface area (TPSA) is 66.5 Å². The molecule has 1 N–H and O–H groups in total. The number of nitrogens with zero attached hydrogens (tertiary/aromatic N) is 1. The maximum absolute atomic E-state index is 12.3. The summed E-state index contributed by atoms with van der Waals surface area (Å²) in [6, 6.07) is 5.32. The van der Waals surface area contributed by atoms with E-state index in [2.05, 4.69) is 12.2 Å². The number of rotatable bonds is 6. The van der Waals surface area contributed by atoms with E-state index in [1.165, 1.54) is 4.31 Å². The Bertz CT molecular complexity index is 685. The Morgan fingerprint density at radius 3 is 2.70 bits per heavy atom. The fourth-order valence-electron chi connectivity index (χ4n) is 3.12. The van der Waals surface area contributed by atoms with Gasteiger partial charge in [-0.1, -0.05) is 13.3 Å². The van der Waals surface area contributed by atoms with Crippen LogP contribution in [0.15, 0.2) is 18.2 Å². The first-order chi connectivity index (χ1) is 10.8. The SMILES string of the molecule is CCC[C@@H](C)NC(=O)c1ccc2c(c1)C[C@H](C)N2S(=O)(=O)CC. The summed E-state index contributed by atoms with van der Waals surface area (Å²) in [5, 5.41) is 2.98. The number of amides is 1. The number of benzene rings is 1. The van der Waals surface area contributed by atoms with E-state index in [9.17, 15) is 13.2 Å². The van der Waals surface area contributed by atoms with Gasteiger partial charge in [0, 0.05) is 17.6 Å². The molecule has 1 amide bonds. The van der Waals surface area contributed by atoms with Crippen LogP contribution in [0.1, 0.15) is 56.5 Å². The van der Waals surface area contributed by atoms with Crippen LogP contribution in [0, 0.1) is 0 Å². The van der Waals surface area contributed by atoms with Gasteiger partial charge in [-0.3, -0.25) is 9.10 Å². The van der Waals surface area contributed by atoms with Crippen molar-refractivity contribution in [3.63, 3.8) is 0 Å². The van der Waals surface area contributed by atoms with E-state index in [1.807, 2.05) is 19.9 Å². The molecule has 1 aromatic carbocycles. The Hall–Kier alpha value is -1.56. The van der Waals surface area contributed by atoms with Gasteiger partial charge < -0.3 is 5.32 Å². The summed E-state index contributed by atoms with van der Waals surface area (Å²) in [6.45, 7) is 7.63. The second-order valence-corrected chi connectivity index (χ2v) is 8.39. The molecule has 0 saturated carbocycles. The molecule has 0 fully saturated rings. The smallest absolute Gasteiger partial charge is 0.251 e. The number of fused-ring (bicyclic) bond motifs is 1. The van der Waals surface area contributed by atoms with Crippen molar-refractivity contribution in [2.45, 2.75) is 59.0 Å². The van der Waals surface area contributed by atoms with Crippen molar-refractivity contribution in [1.29, 1.82) is 0 Å². The molecule has 0 radical (unpaired) electrons. The zero-order chi connectivity index (χ0) is 17.2. The van der Waals surface area contributed by atoms with Crippen molar-refractivity contribution in [3.8, 4) is 0 Å². The van der Waals surface area contributed by atoms with Gasteiger partial charge in [0.15, 0.2) is 0 Å². The Morgan fingerprint density at radius 2 is 2.09 bits per heavy atom. The highest BCUT2D eigenvalue weighted by Gasteiger charge is 2.34. The summed E-state index contributed by atoms with van der Waals surface area (Å²) in [5.41, 5.74) is 2.22. The van der Waals surface area contributed by atoms with Gasteiger partial charge in [0.25, 0.3) is 5.91 Å². The number of sulfonamides is 1. The van der Waals surface area contributed by atoms with Crippen LogP contribution < -0.4 is 9.62 Å². The molecular formula is C17H26N2O3S. The monoisotopic (exact) mass is 338 g/mol. The van der Waals surface area contributed by atoms with Crippen LogP contribution in [-0.4, -0.2) is 32.2 Å². The second-order valence-electron chi connectivity index (χ2n) is 6.26. The van der Waals surface area contributed by atoms with E-state index in [-0.39, 0.29) is 23.7 Å². The Balaban J connectivity index is 2.25. The van der Waals surface area contributed by atoms with Crippen molar-refractivity contribution in [2.24, 2.45) is 0 Å². The predicted octanol–water partition coefficient (Wildman–Crippen LogP) is 2.71. The van der Waals surface area contributed by atoms with Gasteiger partial charge in [-0.2, -0.15) is 0 Å². The summed E-state index contributed by atoms with van der Waals surface area (Å²) in [5.74, 6) is -0.0220. The first-order valence-electron chi connectivity index (χ1n) is 8.26. The van der Waals surface area contributed by atoms with Gasteiger partial charge in [-0.05, 0) is 57.4 Å². The van der Waals surface area contributed by atoms with Crippen LogP contribution in [0.5, 0.6) is 0 Å². The molecule has 0 saturated heterocycles. The highest BCUT2D eigenvalue weighted by molar-refractivity contribution is 7.92. The average Bonchev–Trinajstić information content (AvgIpc) is 2.82. The van der Waals surface area contributed by atoms with E-state index in [0.717, 1.165) is 18.4 Å². The second kappa shape index (κ2) is 6.91. The Kier molecular flexibility index (Phi) is 5.34. The van der Waals surface area contributed by atoms with Crippen molar-refractivity contribution < 1.29 is 13.2 Å². The number of carbonyl (C=O) groups excluding carboxylic acids is 1. The molecule has 23 heavy (non-hydrogen) atoms. The molecule has 0 aliphatic carbocycles. The highest BCUT2D eigenvalue weighted by atomic mass is 32.2. The molecule has 2 rings (SSSR count). The van der Waals surface area contributed by atoms with Crippen molar-refractivity contribution in [2.75, 3.05) is 10.1 Å². The Labute approximate surface area is 139 Å². The molecule has 0 bridgehead atoms. The number of carbonyl (C=O) groups is 1. The normalized spacial score (nSPS) is 18.6. The van der Waals surface area contributed by atoms with Crippen LogP contribution in [0.3, 0.4) is 0 Å². The van der Waals surface area contributed by atoms with Crippen LogP contribution >= 0.6 is 0 Å². The highest BCUT2D eigenvalue weighted by Crippen LogP contribution is 2.35. The zero-order valence-electron chi connectivity index (χ0n) is 14.3. The predicted molar refractivity (Wildman–Crippen MR) is 93.4 cm³/mol. The molecular weight excluding hydrogens is 312 g/mol. The summed E-state index contributed by atoms with van der Waals surface area (Å²) in [7, 11) is -3.29. The van der Waals surface area contributed by atoms with Gasteiger partial charge in [-0.15, -0.1) is 0 Å². The first-order valence-corrected chi connectivity index (χ1v) is 9.87. The standard InChI is InChI=1S/C17H26N2O3S/c1-5-7-12(3)18-17(20)14-8-9-16-15(11-14)10-13(4)19(16)23(21,22)6-2/h8-9,11-13H,5-7,10H2,1-4H3,(H,18,20)/t12-,13+/m1/s1.